The fourth-order valence-electron chi connectivity index (χ4n) is 2.69. The standard InChI is InChI=1S/C15H24N4O/c1-3-6-12(2)18-14(20)13-7-4-10-19(11-13)15-16-8-5-9-17-15/h5,8-9,12-13H,3-4,6-7,10-11H2,1-2H3,(H,18,20). The van der Waals surface area contributed by atoms with Crippen molar-refractivity contribution < 1.29 is 4.79 Å². The number of piperidine rings is 1. The molecule has 0 radical (unpaired) electrons. The van der Waals surface area contributed by atoms with Crippen LogP contribution in [0.1, 0.15) is 39.5 Å². The van der Waals surface area contributed by atoms with Crippen molar-refractivity contribution in [1.29, 1.82) is 0 Å². The van der Waals surface area contributed by atoms with E-state index in [-0.39, 0.29) is 17.9 Å². The molecule has 1 saturated heterocycles. The Morgan fingerprint density at radius 3 is 2.95 bits per heavy atom. The Bertz CT molecular complexity index is 423. The lowest BCUT2D eigenvalue weighted by Gasteiger charge is -2.32. The maximum atomic E-state index is 12.3. The molecule has 1 aromatic heterocycles. The Morgan fingerprint density at radius 2 is 2.25 bits per heavy atom. The molecule has 2 heterocycles. The summed E-state index contributed by atoms with van der Waals surface area (Å²) in [4.78, 5) is 22.9. The van der Waals surface area contributed by atoms with Gasteiger partial charge in [-0.05, 0) is 32.3 Å². The molecule has 5 nitrogen and oxygen atoms in total. The second-order valence-electron chi connectivity index (χ2n) is 5.53. The minimum atomic E-state index is 0.0480. The zero-order valence-electron chi connectivity index (χ0n) is 12.4. The average Bonchev–Trinajstić information content (AvgIpc) is 2.48. The van der Waals surface area contributed by atoms with E-state index in [2.05, 4.69) is 34.0 Å². The average molecular weight is 276 g/mol. The Hall–Kier alpha value is -1.65. The van der Waals surface area contributed by atoms with E-state index in [1.165, 1.54) is 0 Å². The molecule has 1 aliphatic rings. The van der Waals surface area contributed by atoms with Gasteiger partial charge < -0.3 is 10.2 Å². The second-order valence-corrected chi connectivity index (χ2v) is 5.53. The molecule has 110 valence electrons. The molecule has 1 aliphatic heterocycles. The van der Waals surface area contributed by atoms with Crippen molar-refractivity contribution in [3.05, 3.63) is 18.5 Å². The van der Waals surface area contributed by atoms with Crippen LogP contribution in [0.25, 0.3) is 0 Å². The summed E-state index contributed by atoms with van der Waals surface area (Å²) < 4.78 is 0. The lowest BCUT2D eigenvalue weighted by atomic mass is 9.97. The highest BCUT2D eigenvalue weighted by Crippen LogP contribution is 2.20. The molecule has 1 N–H and O–H groups in total. The number of hydrogen-bond acceptors (Lipinski definition) is 4. The fourth-order valence-corrected chi connectivity index (χ4v) is 2.69. The first-order valence-corrected chi connectivity index (χ1v) is 7.53. The van der Waals surface area contributed by atoms with Gasteiger partial charge in [-0.25, -0.2) is 9.97 Å². The van der Waals surface area contributed by atoms with Crippen LogP contribution in [0.4, 0.5) is 5.95 Å². The van der Waals surface area contributed by atoms with Crippen LogP contribution in [0.2, 0.25) is 0 Å². The molecule has 1 aromatic rings. The zero-order valence-corrected chi connectivity index (χ0v) is 12.4. The van der Waals surface area contributed by atoms with Crippen molar-refractivity contribution in [2.45, 2.75) is 45.6 Å². The summed E-state index contributed by atoms with van der Waals surface area (Å²) in [6.07, 6.45) is 7.58. The van der Waals surface area contributed by atoms with Gasteiger partial charge in [-0.15, -0.1) is 0 Å². The second kappa shape index (κ2) is 7.22. The third kappa shape index (κ3) is 3.92. The van der Waals surface area contributed by atoms with E-state index in [1.807, 2.05) is 6.07 Å². The van der Waals surface area contributed by atoms with Crippen LogP contribution in [0.3, 0.4) is 0 Å². The van der Waals surface area contributed by atoms with Crippen LogP contribution < -0.4 is 10.2 Å². The summed E-state index contributed by atoms with van der Waals surface area (Å²) in [6.45, 7) is 5.85. The Balaban J connectivity index is 1.91. The van der Waals surface area contributed by atoms with E-state index in [9.17, 15) is 4.79 Å². The maximum Gasteiger partial charge on any atom is 0.225 e. The zero-order chi connectivity index (χ0) is 14.4. The highest BCUT2D eigenvalue weighted by Gasteiger charge is 2.27. The number of amides is 1. The molecule has 5 heteroatoms. The number of carbonyl (C=O) groups is 1. The number of carbonyl (C=O) groups excluding carboxylic acids is 1. The van der Waals surface area contributed by atoms with Gasteiger partial charge in [0.25, 0.3) is 0 Å². The van der Waals surface area contributed by atoms with Crippen molar-refractivity contribution in [2.75, 3.05) is 18.0 Å². The quantitative estimate of drug-likeness (QED) is 0.893. The third-order valence-electron chi connectivity index (χ3n) is 3.74. The van der Waals surface area contributed by atoms with Crippen LogP contribution >= 0.6 is 0 Å². The third-order valence-corrected chi connectivity index (χ3v) is 3.74. The molecule has 0 aromatic carbocycles. The normalized spacial score (nSPS) is 20.5. The summed E-state index contributed by atoms with van der Waals surface area (Å²) in [5.41, 5.74) is 0. The monoisotopic (exact) mass is 276 g/mol. The van der Waals surface area contributed by atoms with E-state index in [0.717, 1.165) is 38.2 Å². The first-order chi connectivity index (χ1) is 9.70. The van der Waals surface area contributed by atoms with Gasteiger partial charge >= 0.3 is 0 Å². The van der Waals surface area contributed by atoms with Crippen LogP contribution in [0.5, 0.6) is 0 Å². The summed E-state index contributed by atoms with van der Waals surface area (Å²) in [6, 6.07) is 2.07. The molecule has 0 saturated carbocycles. The molecule has 20 heavy (non-hydrogen) atoms. The maximum absolute atomic E-state index is 12.3. The topological polar surface area (TPSA) is 58.1 Å². The van der Waals surface area contributed by atoms with Crippen LogP contribution in [0, 0.1) is 5.92 Å². The number of hydrogen-bond donors (Lipinski definition) is 1. The van der Waals surface area contributed by atoms with Crippen LogP contribution in [-0.2, 0) is 4.79 Å². The summed E-state index contributed by atoms with van der Waals surface area (Å²) in [5.74, 6) is 0.949. The van der Waals surface area contributed by atoms with Crippen molar-refractivity contribution in [2.24, 2.45) is 5.92 Å². The van der Waals surface area contributed by atoms with Gasteiger partial charge in [0.1, 0.15) is 0 Å². The minimum absolute atomic E-state index is 0.0480. The predicted molar refractivity (Wildman–Crippen MR) is 79.5 cm³/mol. The van der Waals surface area contributed by atoms with E-state index in [1.54, 1.807) is 12.4 Å². The number of nitrogens with one attached hydrogen (secondary N) is 1. The number of nitrogens with zero attached hydrogens (tertiary/aromatic N) is 3. The SMILES string of the molecule is CCCC(C)NC(=O)C1CCCN(c2ncccn2)C1. The Kier molecular flexibility index (Phi) is 5.32. The molecule has 0 spiro atoms. The molecule has 2 unspecified atom stereocenters. The van der Waals surface area contributed by atoms with Gasteiger partial charge in [0.05, 0.1) is 5.92 Å². The molecule has 2 atom stereocenters. The van der Waals surface area contributed by atoms with Crippen molar-refractivity contribution in [1.82, 2.24) is 15.3 Å². The molecular formula is C15H24N4O. The number of rotatable bonds is 5. The lowest BCUT2D eigenvalue weighted by molar-refractivity contribution is -0.125. The fraction of sp³-hybridized carbons (Fsp3) is 0.667. The van der Waals surface area contributed by atoms with Crippen molar-refractivity contribution >= 4 is 11.9 Å². The van der Waals surface area contributed by atoms with Gasteiger partial charge in [0.2, 0.25) is 11.9 Å². The van der Waals surface area contributed by atoms with E-state index < -0.39 is 0 Å². The van der Waals surface area contributed by atoms with E-state index in [4.69, 9.17) is 0 Å². The first kappa shape index (κ1) is 14.8. The number of aromatic nitrogens is 2. The van der Waals surface area contributed by atoms with Crippen molar-refractivity contribution in [3.8, 4) is 0 Å². The first-order valence-electron chi connectivity index (χ1n) is 7.53. The summed E-state index contributed by atoms with van der Waals surface area (Å²) >= 11 is 0. The molecule has 1 amide bonds. The molecule has 0 bridgehead atoms. The minimum Gasteiger partial charge on any atom is -0.353 e. The summed E-state index contributed by atoms with van der Waals surface area (Å²) in [7, 11) is 0. The molecule has 2 rings (SSSR count). The molecular weight excluding hydrogens is 252 g/mol. The van der Waals surface area contributed by atoms with E-state index >= 15 is 0 Å². The van der Waals surface area contributed by atoms with Crippen LogP contribution in [0.15, 0.2) is 18.5 Å². The highest BCUT2D eigenvalue weighted by atomic mass is 16.2. The smallest absolute Gasteiger partial charge is 0.225 e. The van der Waals surface area contributed by atoms with Gasteiger partial charge in [-0.3, -0.25) is 4.79 Å². The Morgan fingerprint density at radius 1 is 1.50 bits per heavy atom. The van der Waals surface area contributed by atoms with Gasteiger partial charge in [0.15, 0.2) is 0 Å². The van der Waals surface area contributed by atoms with Gasteiger partial charge in [0, 0.05) is 31.5 Å². The largest absolute Gasteiger partial charge is 0.353 e. The highest BCUT2D eigenvalue weighted by molar-refractivity contribution is 5.79. The van der Waals surface area contributed by atoms with Crippen molar-refractivity contribution in [3.63, 3.8) is 0 Å². The summed E-state index contributed by atoms with van der Waals surface area (Å²) in [5, 5.41) is 3.12. The number of anilines is 1. The lowest BCUT2D eigenvalue weighted by Crippen LogP contribution is -2.45. The van der Waals surface area contributed by atoms with E-state index in [0.29, 0.717) is 6.54 Å². The molecule has 1 fully saturated rings. The molecule has 0 aliphatic carbocycles. The van der Waals surface area contributed by atoms with Crippen LogP contribution in [-0.4, -0.2) is 35.0 Å². The van der Waals surface area contributed by atoms with Gasteiger partial charge in [-0.1, -0.05) is 13.3 Å². The predicted octanol–water partition coefficient (Wildman–Crippen LogP) is 2.00. The Labute approximate surface area is 120 Å². The van der Waals surface area contributed by atoms with Gasteiger partial charge in [-0.2, -0.15) is 0 Å².